The molecule has 0 radical (unpaired) electrons. The first-order chi connectivity index (χ1) is 6.66. The molecule has 1 aliphatic rings. The molecule has 2 heteroatoms. The van der Waals surface area contributed by atoms with Gasteiger partial charge in [0.15, 0.2) is 0 Å². The minimum Gasteiger partial charge on any atom is -0.508 e. The van der Waals surface area contributed by atoms with Crippen LogP contribution < -0.4 is 0 Å². The number of phenolic OH excluding ortho intramolecular Hbond substituents is 1. The molecule has 2 rings (SSSR count). The molecular formula is C12H16O2. The van der Waals surface area contributed by atoms with Gasteiger partial charge in [-0.1, -0.05) is 19.1 Å². The van der Waals surface area contributed by atoms with Gasteiger partial charge in [0.25, 0.3) is 0 Å². The lowest BCUT2D eigenvalue weighted by Gasteiger charge is -2.09. The van der Waals surface area contributed by atoms with Crippen molar-refractivity contribution in [1.82, 2.24) is 0 Å². The van der Waals surface area contributed by atoms with E-state index in [1.807, 2.05) is 12.1 Å². The standard InChI is InChI=1S/C12H16O2/c1-8-6-11(8)12(14)7-9-2-4-10(13)5-3-9/h2-5,8,11-14H,6-7H2,1H3. The molecule has 1 aromatic carbocycles. The van der Waals surface area contributed by atoms with E-state index < -0.39 is 0 Å². The third kappa shape index (κ3) is 2.07. The zero-order chi connectivity index (χ0) is 10.1. The van der Waals surface area contributed by atoms with E-state index in [2.05, 4.69) is 6.92 Å². The number of hydrogen-bond acceptors (Lipinski definition) is 2. The second kappa shape index (κ2) is 3.62. The minimum absolute atomic E-state index is 0.213. The lowest BCUT2D eigenvalue weighted by atomic mass is 10.0. The van der Waals surface area contributed by atoms with Crippen molar-refractivity contribution < 1.29 is 10.2 Å². The number of rotatable bonds is 3. The summed E-state index contributed by atoms with van der Waals surface area (Å²) in [4.78, 5) is 0. The maximum Gasteiger partial charge on any atom is 0.115 e. The van der Waals surface area contributed by atoms with Gasteiger partial charge in [0, 0.05) is 0 Å². The van der Waals surface area contributed by atoms with Gasteiger partial charge in [0.1, 0.15) is 5.75 Å². The Hall–Kier alpha value is -1.02. The summed E-state index contributed by atoms with van der Waals surface area (Å²) in [7, 11) is 0. The van der Waals surface area contributed by atoms with E-state index in [0.717, 1.165) is 12.0 Å². The molecule has 14 heavy (non-hydrogen) atoms. The lowest BCUT2D eigenvalue weighted by Crippen LogP contribution is -2.13. The van der Waals surface area contributed by atoms with Crippen molar-refractivity contribution in [1.29, 1.82) is 0 Å². The van der Waals surface area contributed by atoms with Crippen molar-refractivity contribution in [2.45, 2.75) is 25.9 Å². The van der Waals surface area contributed by atoms with E-state index in [0.29, 0.717) is 18.3 Å². The molecule has 0 bridgehead atoms. The van der Waals surface area contributed by atoms with Crippen LogP contribution in [0.25, 0.3) is 0 Å². The van der Waals surface area contributed by atoms with Gasteiger partial charge in [0.2, 0.25) is 0 Å². The summed E-state index contributed by atoms with van der Waals surface area (Å²) in [5.74, 6) is 1.45. The van der Waals surface area contributed by atoms with Crippen LogP contribution in [0.5, 0.6) is 5.75 Å². The molecular weight excluding hydrogens is 176 g/mol. The minimum atomic E-state index is -0.213. The highest BCUT2D eigenvalue weighted by Crippen LogP contribution is 2.41. The van der Waals surface area contributed by atoms with Gasteiger partial charge in [-0.15, -0.1) is 0 Å². The molecule has 1 saturated carbocycles. The first-order valence-corrected chi connectivity index (χ1v) is 5.13. The summed E-state index contributed by atoms with van der Waals surface area (Å²) in [6, 6.07) is 7.06. The average Bonchev–Trinajstić information content (AvgIpc) is 2.87. The second-order valence-corrected chi connectivity index (χ2v) is 4.31. The fourth-order valence-corrected chi connectivity index (χ4v) is 1.91. The molecule has 2 N–H and O–H groups in total. The quantitative estimate of drug-likeness (QED) is 0.768. The zero-order valence-electron chi connectivity index (χ0n) is 8.35. The normalized spacial score (nSPS) is 27.3. The summed E-state index contributed by atoms with van der Waals surface area (Å²) < 4.78 is 0. The topological polar surface area (TPSA) is 40.5 Å². The molecule has 1 fully saturated rings. The lowest BCUT2D eigenvalue weighted by molar-refractivity contribution is 0.146. The third-order valence-electron chi connectivity index (χ3n) is 3.05. The molecule has 76 valence electrons. The van der Waals surface area contributed by atoms with Gasteiger partial charge in [-0.3, -0.25) is 0 Å². The Morgan fingerprint density at radius 2 is 1.93 bits per heavy atom. The Labute approximate surface area is 84.2 Å². The van der Waals surface area contributed by atoms with E-state index in [9.17, 15) is 5.11 Å². The summed E-state index contributed by atoms with van der Waals surface area (Å²) in [6.07, 6.45) is 1.64. The van der Waals surface area contributed by atoms with Gasteiger partial charge in [-0.2, -0.15) is 0 Å². The summed E-state index contributed by atoms with van der Waals surface area (Å²) >= 11 is 0. The van der Waals surface area contributed by atoms with E-state index in [-0.39, 0.29) is 11.9 Å². The molecule has 1 aliphatic carbocycles. The smallest absolute Gasteiger partial charge is 0.115 e. The highest BCUT2D eigenvalue weighted by Gasteiger charge is 2.38. The van der Waals surface area contributed by atoms with Crippen molar-refractivity contribution in [3.8, 4) is 5.75 Å². The zero-order valence-corrected chi connectivity index (χ0v) is 8.35. The van der Waals surface area contributed by atoms with Crippen molar-refractivity contribution in [2.75, 3.05) is 0 Å². The molecule has 3 atom stereocenters. The third-order valence-corrected chi connectivity index (χ3v) is 3.05. The highest BCUT2D eigenvalue weighted by molar-refractivity contribution is 5.26. The molecule has 0 heterocycles. The first kappa shape index (κ1) is 9.53. The Morgan fingerprint density at radius 1 is 1.36 bits per heavy atom. The van der Waals surface area contributed by atoms with Gasteiger partial charge >= 0.3 is 0 Å². The van der Waals surface area contributed by atoms with Crippen molar-refractivity contribution in [2.24, 2.45) is 11.8 Å². The van der Waals surface area contributed by atoms with Crippen molar-refractivity contribution >= 4 is 0 Å². The number of aromatic hydroxyl groups is 1. The first-order valence-electron chi connectivity index (χ1n) is 5.13. The van der Waals surface area contributed by atoms with Crippen LogP contribution in [0, 0.1) is 11.8 Å². The molecule has 2 nitrogen and oxygen atoms in total. The maximum atomic E-state index is 9.82. The van der Waals surface area contributed by atoms with Crippen LogP contribution >= 0.6 is 0 Å². The number of aliphatic hydroxyl groups excluding tert-OH is 1. The monoisotopic (exact) mass is 192 g/mol. The predicted molar refractivity (Wildman–Crippen MR) is 55.1 cm³/mol. The number of hydrogen-bond donors (Lipinski definition) is 2. The Morgan fingerprint density at radius 3 is 2.43 bits per heavy atom. The van der Waals surface area contributed by atoms with Crippen molar-refractivity contribution in [3.63, 3.8) is 0 Å². The molecule has 0 aliphatic heterocycles. The SMILES string of the molecule is CC1CC1C(O)Cc1ccc(O)cc1. The van der Waals surface area contributed by atoms with Gasteiger partial charge in [-0.05, 0) is 42.4 Å². The van der Waals surface area contributed by atoms with E-state index in [1.165, 1.54) is 0 Å². The van der Waals surface area contributed by atoms with Crippen LogP contribution in [0.15, 0.2) is 24.3 Å². The Bertz CT molecular complexity index is 305. The van der Waals surface area contributed by atoms with Gasteiger partial charge in [-0.25, -0.2) is 0 Å². The molecule has 0 saturated heterocycles. The Kier molecular flexibility index (Phi) is 2.46. The van der Waals surface area contributed by atoms with E-state index in [1.54, 1.807) is 12.1 Å². The summed E-state index contributed by atoms with van der Waals surface area (Å²) in [5, 5.41) is 18.9. The number of aliphatic hydroxyl groups is 1. The van der Waals surface area contributed by atoms with Gasteiger partial charge < -0.3 is 10.2 Å². The summed E-state index contributed by atoms with van der Waals surface area (Å²) in [5.41, 5.74) is 1.09. The number of benzene rings is 1. The highest BCUT2D eigenvalue weighted by atomic mass is 16.3. The van der Waals surface area contributed by atoms with Gasteiger partial charge in [0.05, 0.1) is 6.10 Å². The second-order valence-electron chi connectivity index (χ2n) is 4.31. The van der Waals surface area contributed by atoms with Crippen LogP contribution in [0.1, 0.15) is 18.9 Å². The largest absolute Gasteiger partial charge is 0.508 e. The van der Waals surface area contributed by atoms with Crippen LogP contribution in [-0.4, -0.2) is 16.3 Å². The average molecular weight is 192 g/mol. The molecule has 0 amide bonds. The maximum absolute atomic E-state index is 9.82. The van der Waals surface area contributed by atoms with Crippen LogP contribution in [-0.2, 0) is 6.42 Å². The Balaban J connectivity index is 1.93. The van der Waals surface area contributed by atoms with Crippen molar-refractivity contribution in [3.05, 3.63) is 29.8 Å². The number of phenols is 1. The molecule has 0 aromatic heterocycles. The van der Waals surface area contributed by atoms with Crippen LogP contribution in [0.2, 0.25) is 0 Å². The summed E-state index contributed by atoms with van der Waals surface area (Å²) in [6.45, 7) is 2.17. The fraction of sp³-hybridized carbons (Fsp3) is 0.500. The van der Waals surface area contributed by atoms with Crippen LogP contribution in [0.4, 0.5) is 0 Å². The van der Waals surface area contributed by atoms with Crippen LogP contribution in [0.3, 0.4) is 0 Å². The predicted octanol–water partition coefficient (Wildman–Crippen LogP) is 1.95. The molecule has 0 spiro atoms. The van der Waals surface area contributed by atoms with E-state index >= 15 is 0 Å². The van der Waals surface area contributed by atoms with E-state index in [4.69, 9.17) is 5.11 Å². The fourth-order valence-electron chi connectivity index (χ4n) is 1.91. The molecule has 3 unspecified atom stereocenters. The molecule has 1 aromatic rings.